The number of ether oxygens (including phenoxy) is 1. The first kappa shape index (κ1) is 13.4. The first-order valence-corrected chi connectivity index (χ1v) is 6.24. The van der Waals surface area contributed by atoms with Gasteiger partial charge in [0.25, 0.3) is 5.69 Å². The van der Waals surface area contributed by atoms with Crippen LogP contribution in [0, 0.1) is 17.0 Å². The number of halogens is 1. The number of anilines is 1. The molecule has 0 atom stereocenters. The van der Waals surface area contributed by atoms with Crippen LogP contribution >= 0.6 is 15.9 Å². The van der Waals surface area contributed by atoms with Gasteiger partial charge in [0.05, 0.1) is 9.40 Å². The molecule has 0 amide bonds. The normalized spacial score (nSPS) is 10.2. The van der Waals surface area contributed by atoms with E-state index in [1.807, 2.05) is 25.1 Å². The van der Waals surface area contributed by atoms with E-state index in [0.717, 1.165) is 10.0 Å². The lowest BCUT2D eigenvalue weighted by Gasteiger charge is -2.09. The summed E-state index contributed by atoms with van der Waals surface area (Å²) in [6.45, 7) is 1.97. The molecular weight excluding hydrogens is 312 g/mol. The number of nitrogens with two attached hydrogens (primary N) is 1. The van der Waals surface area contributed by atoms with Gasteiger partial charge in [-0.15, -0.1) is 0 Å². The van der Waals surface area contributed by atoms with E-state index >= 15 is 0 Å². The van der Waals surface area contributed by atoms with Gasteiger partial charge in [-0.2, -0.15) is 0 Å². The number of benzene rings is 2. The van der Waals surface area contributed by atoms with Crippen molar-refractivity contribution in [2.24, 2.45) is 0 Å². The van der Waals surface area contributed by atoms with Crippen molar-refractivity contribution in [1.29, 1.82) is 0 Å². The second kappa shape index (κ2) is 5.27. The third kappa shape index (κ3) is 3.03. The van der Waals surface area contributed by atoms with Crippen molar-refractivity contribution < 1.29 is 9.66 Å². The van der Waals surface area contributed by atoms with Crippen molar-refractivity contribution in [3.63, 3.8) is 0 Å². The van der Waals surface area contributed by atoms with Gasteiger partial charge in [-0.05, 0) is 46.6 Å². The van der Waals surface area contributed by atoms with Crippen molar-refractivity contribution in [1.82, 2.24) is 0 Å². The molecule has 0 fully saturated rings. The number of nitrogens with zero attached hydrogens (tertiary/aromatic N) is 1. The van der Waals surface area contributed by atoms with Crippen LogP contribution in [0.1, 0.15) is 5.56 Å². The Morgan fingerprint density at radius 2 is 2.00 bits per heavy atom. The number of hydrogen-bond donors (Lipinski definition) is 1. The van der Waals surface area contributed by atoms with Crippen LogP contribution < -0.4 is 10.5 Å². The standard InChI is InChI=1S/C13H11BrN2O3/c1-8-2-5-13(10(14)6-8)19-9-3-4-12(16(17)18)11(15)7-9/h2-7H,15H2,1H3. The second-order valence-electron chi connectivity index (χ2n) is 4.01. The van der Waals surface area contributed by atoms with E-state index in [2.05, 4.69) is 15.9 Å². The van der Waals surface area contributed by atoms with Gasteiger partial charge in [-0.1, -0.05) is 6.07 Å². The molecule has 0 aromatic heterocycles. The minimum absolute atomic E-state index is 0.0748. The summed E-state index contributed by atoms with van der Waals surface area (Å²) in [4.78, 5) is 10.1. The monoisotopic (exact) mass is 322 g/mol. The van der Waals surface area contributed by atoms with Crippen LogP contribution in [-0.2, 0) is 0 Å². The lowest BCUT2D eigenvalue weighted by molar-refractivity contribution is -0.383. The second-order valence-corrected chi connectivity index (χ2v) is 4.87. The number of nitro groups is 1. The fourth-order valence-electron chi connectivity index (χ4n) is 1.58. The van der Waals surface area contributed by atoms with Gasteiger partial charge >= 0.3 is 0 Å². The first-order chi connectivity index (χ1) is 8.97. The van der Waals surface area contributed by atoms with Gasteiger partial charge in [0.15, 0.2) is 0 Å². The Labute approximate surface area is 118 Å². The van der Waals surface area contributed by atoms with Gasteiger partial charge in [0.2, 0.25) is 0 Å². The van der Waals surface area contributed by atoms with E-state index in [9.17, 15) is 10.1 Å². The molecule has 0 saturated carbocycles. The zero-order chi connectivity index (χ0) is 14.0. The maximum atomic E-state index is 10.7. The van der Waals surface area contributed by atoms with E-state index in [0.29, 0.717) is 11.5 Å². The third-order valence-corrected chi connectivity index (χ3v) is 3.13. The fourth-order valence-corrected chi connectivity index (χ4v) is 2.15. The molecule has 0 spiro atoms. The molecule has 0 aliphatic heterocycles. The average molecular weight is 323 g/mol. The van der Waals surface area contributed by atoms with Gasteiger partial charge in [-0.25, -0.2) is 0 Å². The fraction of sp³-hybridized carbons (Fsp3) is 0.0769. The predicted molar refractivity (Wildman–Crippen MR) is 76.5 cm³/mol. The molecule has 0 bridgehead atoms. The molecule has 0 unspecified atom stereocenters. The molecule has 98 valence electrons. The third-order valence-electron chi connectivity index (χ3n) is 2.51. The molecule has 0 aliphatic carbocycles. The lowest BCUT2D eigenvalue weighted by Crippen LogP contribution is -1.96. The van der Waals surface area contributed by atoms with Crippen LogP contribution in [0.15, 0.2) is 40.9 Å². The molecule has 19 heavy (non-hydrogen) atoms. The minimum atomic E-state index is -0.527. The summed E-state index contributed by atoms with van der Waals surface area (Å²) in [5, 5.41) is 10.7. The highest BCUT2D eigenvalue weighted by molar-refractivity contribution is 9.10. The van der Waals surface area contributed by atoms with E-state index in [1.165, 1.54) is 18.2 Å². The van der Waals surface area contributed by atoms with Crippen LogP contribution in [0.5, 0.6) is 11.5 Å². The van der Waals surface area contributed by atoms with Crippen LogP contribution in [0.2, 0.25) is 0 Å². The first-order valence-electron chi connectivity index (χ1n) is 5.45. The quantitative estimate of drug-likeness (QED) is 0.525. The highest BCUT2D eigenvalue weighted by Gasteiger charge is 2.12. The Balaban J connectivity index is 2.29. The number of aryl methyl sites for hydroxylation is 1. The summed E-state index contributed by atoms with van der Waals surface area (Å²) in [5.41, 5.74) is 6.65. The largest absolute Gasteiger partial charge is 0.456 e. The molecule has 2 aromatic rings. The van der Waals surface area contributed by atoms with Crippen molar-refractivity contribution in [3.05, 3.63) is 56.5 Å². The Kier molecular flexibility index (Phi) is 3.71. The number of nitro benzene ring substituents is 1. The summed E-state index contributed by atoms with van der Waals surface area (Å²) in [6.07, 6.45) is 0. The molecular formula is C13H11BrN2O3. The molecule has 6 heteroatoms. The van der Waals surface area contributed by atoms with Crippen LogP contribution in [0.25, 0.3) is 0 Å². The summed E-state index contributed by atoms with van der Waals surface area (Å²) in [6, 6.07) is 9.92. The highest BCUT2D eigenvalue weighted by atomic mass is 79.9. The predicted octanol–water partition coefficient (Wildman–Crippen LogP) is 4.04. The maximum absolute atomic E-state index is 10.7. The molecule has 0 saturated heterocycles. The highest BCUT2D eigenvalue weighted by Crippen LogP contribution is 2.33. The van der Waals surface area contributed by atoms with E-state index in [-0.39, 0.29) is 11.4 Å². The van der Waals surface area contributed by atoms with Gasteiger partial charge in [0.1, 0.15) is 17.2 Å². The van der Waals surface area contributed by atoms with Crippen LogP contribution in [0.3, 0.4) is 0 Å². The number of rotatable bonds is 3. The average Bonchev–Trinajstić information content (AvgIpc) is 2.32. The molecule has 0 radical (unpaired) electrons. The summed E-state index contributed by atoms with van der Waals surface area (Å²) >= 11 is 3.40. The molecule has 0 heterocycles. The van der Waals surface area contributed by atoms with Gasteiger partial charge < -0.3 is 10.5 Å². The van der Waals surface area contributed by atoms with Crippen LogP contribution in [0.4, 0.5) is 11.4 Å². The van der Waals surface area contributed by atoms with Gasteiger partial charge in [0, 0.05) is 12.1 Å². The summed E-state index contributed by atoms with van der Waals surface area (Å²) in [5.74, 6) is 1.08. The summed E-state index contributed by atoms with van der Waals surface area (Å²) < 4.78 is 6.44. The summed E-state index contributed by atoms with van der Waals surface area (Å²) in [7, 11) is 0. The number of nitrogen functional groups attached to an aromatic ring is 1. The molecule has 2 rings (SSSR count). The Morgan fingerprint density at radius 1 is 1.26 bits per heavy atom. The molecule has 5 nitrogen and oxygen atoms in total. The molecule has 0 aliphatic rings. The Bertz CT molecular complexity index is 644. The topological polar surface area (TPSA) is 78.4 Å². The zero-order valence-corrected chi connectivity index (χ0v) is 11.7. The molecule has 2 aromatic carbocycles. The SMILES string of the molecule is Cc1ccc(Oc2ccc([N+](=O)[O-])c(N)c2)c(Br)c1. The lowest BCUT2D eigenvalue weighted by atomic mass is 10.2. The van der Waals surface area contributed by atoms with Gasteiger partial charge in [-0.3, -0.25) is 10.1 Å². The minimum Gasteiger partial charge on any atom is -0.456 e. The zero-order valence-electron chi connectivity index (χ0n) is 10.1. The van der Waals surface area contributed by atoms with Crippen molar-refractivity contribution in [2.45, 2.75) is 6.92 Å². The van der Waals surface area contributed by atoms with Crippen LogP contribution in [-0.4, -0.2) is 4.92 Å². The maximum Gasteiger partial charge on any atom is 0.292 e. The molecule has 2 N–H and O–H groups in total. The number of hydrogen-bond acceptors (Lipinski definition) is 4. The van der Waals surface area contributed by atoms with E-state index < -0.39 is 4.92 Å². The van der Waals surface area contributed by atoms with Crippen molar-refractivity contribution in [2.75, 3.05) is 5.73 Å². The Hall–Kier alpha value is -2.08. The smallest absolute Gasteiger partial charge is 0.292 e. The Morgan fingerprint density at radius 3 is 2.58 bits per heavy atom. The van der Waals surface area contributed by atoms with Crippen molar-refractivity contribution in [3.8, 4) is 11.5 Å². The van der Waals surface area contributed by atoms with E-state index in [1.54, 1.807) is 0 Å². The van der Waals surface area contributed by atoms with E-state index in [4.69, 9.17) is 10.5 Å². The van der Waals surface area contributed by atoms with Crippen molar-refractivity contribution >= 4 is 27.3 Å².